The molecule has 4 aromatic rings. The lowest BCUT2D eigenvalue weighted by Gasteiger charge is -2.12. The maximum absolute atomic E-state index is 11.7. The summed E-state index contributed by atoms with van der Waals surface area (Å²) in [4.78, 5) is 23.3. The van der Waals surface area contributed by atoms with Gasteiger partial charge in [0, 0.05) is 24.4 Å². The van der Waals surface area contributed by atoms with Gasteiger partial charge in [-0.2, -0.15) is 0 Å². The summed E-state index contributed by atoms with van der Waals surface area (Å²) in [5, 5.41) is 17.9. The monoisotopic (exact) mass is 365 g/mol. The highest BCUT2D eigenvalue weighted by atomic mass is 16.4. The van der Waals surface area contributed by atoms with Crippen LogP contribution in [0.2, 0.25) is 0 Å². The Morgan fingerprint density at radius 1 is 1.30 bits per heavy atom. The molecule has 3 heterocycles. The van der Waals surface area contributed by atoms with Crippen LogP contribution < -0.4 is 0 Å². The zero-order chi connectivity index (χ0) is 19.0. The summed E-state index contributed by atoms with van der Waals surface area (Å²) in [5.74, 6) is -0.318. The summed E-state index contributed by atoms with van der Waals surface area (Å²) in [6, 6.07) is 7.14. The molecular formula is C18H19N7O2. The van der Waals surface area contributed by atoms with E-state index in [1.54, 1.807) is 12.4 Å². The molecule has 0 amide bonds. The van der Waals surface area contributed by atoms with E-state index >= 15 is 0 Å². The molecule has 0 saturated heterocycles. The lowest BCUT2D eigenvalue weighted by Crippen LogP contribution is -2.22. The minimum absolute atomic E-state index is 0.165. The summed E-state index contributed by atoms with van der Waals surface area (Å²) < 4.78 is 3.44. The topological polar surface area (TPSA) is 115 Å². The Morgan fingerprint density at radius 3 is 2.81 bits per heavy atom. The van der Waals surface area contributed by atoms with E-state index in [0.29, 0.717) is 17.2 Å². The molecule has 9 nitrogen and oxygen atoms in total. The lowest BCUT2D eigenvalue weighted by atomic mass is 10.2. The number of nitrogens with one attached hydrogen (secondary N) is 1. The Balaban J connectivity index is 1.75. The van der Waals surface area contributed by atoms with E-state index in [-0.39, 0.29) is 12.5 Å². The van der Waals surface area contributed by atoms with E-state index < -0.39 is 12.0 Å². The molecule has 9 heteroatoms. The van der Waals surface area contributed by atoms with Crippen LogP contribution in [0.4, 0.5) is 0 Å². The van der Waals surface area contributed by atoms with Crippen molar-refractivity contribution in [3.63, 3.8) is 0 Å². The normalized spacial score (nSPS) is 12.7. The van der Waals surface area contributed by atoms with E-state index in [1.807, 2.05) is 24.3 Å². The highest BCUT2D eigenvalue weighted by Gasteiger charge is 2.24. The van der Waals surface area contributed by atoms with Crippen molar-refractivity contribution in [2.75, 3.05) is 0 Å². The lowest BCUT2D eigenvalue weighted by molar-refractivity contribution is -0.141. The zero-order valence-corrected chi connectivity index (χ0v) is 14.9. The fourth-order valence-corrected chi connectivity index (χ4v) is 3.18. The van der Waals surface area contributed by atoms with Crippen LogP contribution in [-0.2, 0) is 11.2 Å². The fourth-order valence-electron chi connectivity index (χ4n) is 3.18. The number of benzene rings is 1. The number of fused-ring (bicyclic) bond motifs is 1. The van der Waals surface area contributed by atoms with Gasteiger partial charge in [-0.05, 0) is 26.0 Å². The number of aromatic nitrogens is 7. The molecule has 1 aromatic carbocycles. The molecule has 0 spiro atoms. The van der Waals surface area contributed by atoms with Gasteiger partial charge in [0.2, 0.25) is 0 Å². The number of hydrogen-bond donors (Lipinski definition) is 2. The molecule has 0 aliphatic carbocycles. The molecule has 2 N–H and O–H groups in total. The van der Waals surface area contributed by atoms with Gasteiger partial charge in [-0.25, -0.2) is 19.4 Å². The third kappa shape index (κ3) is 3.07. The number of carboxylic acid groups (broad SMARTS) is 1. The highest BCUT2D eigenvalue weighted by molar-refractivity contribution is 5.80. The van der Waals surface area contributed by atoms with Gasteiger partial charge < -0.3 is 14.7 Å². The standard InChI is InChI=1S/C18H19N7O2/c1-11(2)25-15-6-4-3-5-13(15)21-17(25)14-9-24(23-22-14)16(18(26)27)7-12-8-19-10-20-12/h3-6,8-11,16H,7H2,1-2H3,(H,19,20)(H,26,27)/t16-/m0/s1. The molecule has 27 heavy (non-hydrogen) atoms. The molecule has 0 bridgehead atoms. The number of imidazole rings is 2. The number of hydrogen-bond acceptors (Lipinski definition) is 5. The second-order valence-electron chi connectivity index (χ2n) is 6.61. The van der Waals surface area contributed by atoms with Crippen molar-refractivity contribution in [2.45, 2.75) is 32.4 Å². The summed E-state index contributed by atoms with van der Waals surface area (Å²) in [7, 11) is 0. The number of carbonyl (C=O) groups is 1. The first kappa shape index (κ1) is 17.0. The second kappa shape index (κ2) is 6.67. The smallest absolute Gasteiger partial charge is 0.328 e. The largest absolute Gasteiger partial charge is 0.480 e. The minimum Gasteiger partial charge on any atom is -0.480 e. The van der Waals surface area contributed by atoms with Crippen molar-refractivity contribution >= 4 is 17.0 Å². The first-order valence-electron chi connectivity index (χ1n) is 8.64. The van der Waals surface area contributed by atoms with Crippen LogP contribution in [0.3, 0.4) is 0 Å². The first-order chi connectivity index (χ1) is 13.0. The fraction of sp³-hybridized carbons (Fsp3) is 0.278. The van der Waals surface area contributed by atoms with Gasteiger partial charge in [-0.15, -0.1) is 5.10 Å². The Bertz CT molecular complexity index is 1080. The number of aromatic amines is 1. The molecular weight excluding hydrogens is 346 g/mol. The van der Waals surface area contributed by atoms with Crippen LogP contribution in [0.5, 0.6) is 0 Å². The maximum atomic E-state index is 11.7. The van der Waals surface area contributed by atoms with Gasteiger partial charge in [-0.1, -0.05) is 17.3 Å². The SMILES string of the molecule is CC(C)n1c(-c2cn([C@@H](Cc3cnc[nH]3)C(=O)O)nn2)nc2ccccc21. The average Bonchev–Trinajstić information content (AvgIpc) is 3.37. The predicted octanol–water partition coefficient (Wildman–Crippen LogP) is 2.47. The summed E-state index contributed by atoms with van der Waals surface area (Å²) in [5.41, 5.74) is 3.12. The predicted molar refractivity (Wildman–Crippen MR) is 98.1 cm³/mol. The molecule has 0 fully saturated rings. The van der Waals surface area contributed by atoms with Crippen molar-refractivity contribution in [3.05, 3.63) is 48.7 Å². The van der Waals surface area contributed by atoms with Crippen molar-refractivity contribution in [1.29, 1.82) is 0 Å². The number of H-pyrrole nitrogens is 1. The molecule has 0 aliphatic heterocycles. The van der Waals surface area contributed by atoms with Crippen LogP contribution in [0.25, 0.3) is 22.6 Å². The van der Waals surface area contributed by atoms with E-state index in [1.165, 1.54) is 11.0 Å². The van der Waals surface area contributed by atoms with Gasteiger partial charge in [0.15, 0.2) is 11.9 Å². The number of aliphatic carboxylic acids is 1. The van der Waals surface area contributed by atoms with Crippen LogP contribution in [0, 0.1) is 0 Å². The molecule has 0 saturated carbocycles. The zero-order valence-electron chi connectivity index (χ0n) is 14.9. The molecule has 0 unspecified atom stereocenters. The van der Waals surface area contributed by atoms with Gasteiger partial charge >= 0.3 is 5.97 Å². The molecule has 1 atom stereocenters. The van der Waals surface area contributed by atoms with E-state index in [4.69, 9.17) is 0 Å². The van der Waals surface area contributed by atoms with Gasteiger partial charge in [0.05, 0.1) is 23.6 Å². The number of carboxylic acids is 1. The van der Waals surface area contributed by atoms with Crippen LogP contribution in [-0.4, -0.2) is 45.6 Å². The molecule has 138 valence electrons. The van der Waals surface area contributed by atoms with Crippen molar-refractivity contribution in [1.82, 2.24) is 34.5 Å². The molecule has 0 radical (unpaired) electrons. The first-order valence-corrected chi connectivity index (χ1v) is 8.64. The third-order valence-corrected chi connectivity index (χ3v) is 4.42. The molecule has 4 rings (SSSR count). The number of para-hydroxylation sites is 2. The van der Waals surface area contributed by atoms with Crippen LogP contribution in [0.1, 0.15) is 31.6 Å². The van der Waals surface area contributed by atoms with E-state index in [0.717, 1.165) is 11.0 Å². The summed E-state index contributed by atoms with van der Waals surface area (Å²) >= 11 is 0. The van der Waals surface area contributed by atoms with Crippen molar-refractivity contribution in [3.8, 4) is 11.5 Å². The Hall–Kier alpha value is -3.49. The quantitative estimate of drug-likeness (QED) is 0.542. The molecule has 3 aromatic heterocycles. The average molecular weight is 365 g/mol. The van der Waals surface area contributed by atoms with Crippen LogP contribution >= 0.6 is 0 Å². The summed E-state index contributed by atoms with van der Waals surface area (Å²) in [6.45, 7) is 4.14. The number of nitrogens with zero attached hydrogens (tertiary/aromatic N) is 6. The van der Waals surface area contributed by atoms with Gasteiger partial charge in [0.25, 0.3) is 0 Å². The van der Waals surface area contributed by atoms with Crippen molar-refractivity contribution < 1.29 is 9.90 Å². The van der Waals surface area contributed by atoms with Gasteiger partial charge in [-0.3, -0.25) is 0 Å². The van der Waals surface area contributed by atoms with Crippen molar-refractivity contribution in [2.24, 2.45) is 0 Å². The Labute approximate surface area is 154 Å². The third-order valence-electron chi connectivity index (χ3n) is 4.42. The Morgan fingerprint density at radius 2 is 2.11 bits per heavy atom. The second-order valence-corrected chi connectivity index (χ2v) is 6.61. The van der Waals surface area contributed by atoms with Crippen LogP contribution in [0.15, 0.2) is 43.0 Å². The number of rotatable bonds is 6. The summed E-state index contributed by atoms with van der Waals surface area (Å²) in [6.07, 6.45) is 4.99. The van der Waals surface area contributed by atoms with Gasteiger partial charge in [0.1, 0.15) is 5.69 Å². The van der Waals surface area contributed by atoms with E-state index in [9.17, 15) is 9.90 Å². The highest BCUT2D eigenvalue weighted by Crippen LogP contribution is 2.27. The van der Waals surface area contributed by atoms with E-state index in [2.05, 4.69) is 43.7 Å². The molecule has 0 aliphatic rings. The minimum atomic E-state index is -0.988. The maximum Gasteiger partial charge on any atom is 0.328 e. The Kier molecular flexibility index (Phi) is 4.19.